The number of fused-ring (bicyclic) bond motifs is 2. The van der Waals surface area contributed by atoms with Crippen LogP contribution in [-0.4, -0.2) is 21.8 Å². The van der Waals surface area contributed by atoms with E-state index in [1.165, 1.54) is 0 Å². The summed E-state index contributed by atoms with van der Waals surface area (Å²) in [5, 5.41) is 4.35. The summed E-state index contributed by atoms with van der Waals surface area (Å²) in [6.07, 6.45) is 0.556. The number of carbonyl (C=O) groups is 2. The van der Waals surface area contributed by atoms with Gasteiger partial charge in [0.1, 0.15) is 0 Å². The van der Waals surface area contributed by atoms with E-state index in [9.17, 15) is 9.59 Å². The molecule has 6 nitrogen and oxygen atoms in total. The van der Waals surface area contributed by atoms with Gasteiger partial charge < -0.3 is 15.7 Å². The van der Waals surface area contributed by atoms with Gasteiger partial charge in [-0.2, -0.15) is 0 Å². The first-order valence-corrected chi connectivity index (χ1v) is 12.5. The van der Waals surface area contributed by atoms with Gasteiger partial charge in [-0.1, -0.05) is 58.4 Å². The lowest BCUT2D eigenvalue weighted by Gasteiger charge is -2.09. The van der Waals surface area contributed by atoms with E-state index in [1.807, 2.05) is 67.6 Å². The van der Waals surface area contributed by atoms with Gasteiger partial charge in [-0.3, -0.25) is 14.9 Å². The Kier molecular flexibility index (Phi) is 6.54. The van der Waals surface area contributed by atoms with E-state index >= 15 is 0 Å². The maximum absolute atomic E-state index is 13.4. The Bertz CT molecular complexity index is 1750. The van der Waals surface area contributed by atoms with Crippen molar-refractivity contribution in [2.75, 3.05) is 0 Å². The van der Waals surface area contributed by atoms with Crippen molar-refractivity contribution in [3.8, 4) is 0 Å². The number of halogens is 2. The second-order valence-corrected chi connectivity index (χ2v) is 9.99. The predicted molar refractivity (Wildman–Crippen MR) is 153 cm³/mol. The molecule has 8 heteroatoms. The van der Waals surface area contributed by atoms with Gasteiger partial charge in [0.15, 0.2) is 0 Å². The Balaban J connectivity index is 0.00000280. The van der Waals surface area contributed by atoms with Crippen molar-refractivity contribution in [1.29, 1.82) is 0 Å². The van der Waals surface area contributed by atoms with Crippen LogP contribution in [0.3, 0.4) is 0 Å². The summed E-state index contributed by atoms with van der Waals surface area (Å²) < 4.78 is 0.891. The molecular weight excluding hydrogens is 552 g/mol. The largest absolute Gasteiger partial charge is 0.358 e. The molecule has 0 unspecified atom stereocenters. The number of aromatic nitrogens is 2. The summed E-state index contributed by atoms with van der Waals surface area (Å²) in [5.74, 6) is -0.777. The highest BCUT2D eigenvalue weighted by Gasteiger charge is 2.37. The molecule has 186 valence electrons. The first-order valence-electron chi connectivity index (χ1n) is 11.7. The van der Waals surface area contributed by atoms with E-state index in [4.69, 9.17) is 5.73 Å². The van der Waals surface area contributed by atoms with Gasteiger partial charge in [0, 0.05) is 61.8 Å². The van der Waals surface area contributed by atoms with Crippen molar-refractivity contribution >= 4 is 73.1 Å². The molecule has 2 aromatic heterocycles. The topological polar surface area (TPSA) is 104 Å². The number of aromatic amines is 2. The van der Waals surface area contributed by atoms with Gasteiger partial charge in [0.05, 0.1) is 11.1 Å². The van der Waals surface area contributed by atoms with Crippen LogP contribution in [0.4, 0.5) is 0 Å². The van der Waals surface area contributed by atoms with Crippen LogP contribution in [0.2, 0.25) is 0 Å². The average molecular weight is 576 g/mol. The van der Waals surface area contributed by atoms with E-state index in [1.54, 1.807) is 0 Å². The summed E-state index contributed by atoms with van der Waals surface area (Å²) in [6, 6.07) is 21.9. The van der Waals surface area contributed by atoms with Crippen LogP contribution in [0.25, 0.3) is 33.0 Å². The third kappa shape index (κ3) is 4.19. The van der Waals surface area contributed by atoms with Crippen molar-refractivity contribution in [2.45, 2.75) is 19.9 Å². The van der Waals surface area contributed by atoms with Crippen molar-refractivity contribution in [3.05, 3.63) is 105 Å². The molecule has 0 aliphatic carbocycles. The normalized spacial score (nSPS) is 13.5. The molecule has 6 rings (SSSR count). The molecule has 0 atom stereocenters. The van der Waals surface area contributed by atoms with E-state index in [0.29, 0.717) is 24.1 Å². The quantitative estimate of drug-likeness (QED) is 0.200. The molecule has 3 aromatic carbocycles. The van der Waals surface area contributed by atoms with Crippen molar-refractivity contribution in [3.63, 3.8) is 0 Å². The smallest absolute Gasteiger partial charge is 0.259 e. The number of hydrogen-bond acceptors (Lipinski definition) is 3. The second kappa shape index (κ2) is 9.67. The predicted octanol–water partition coefficient (Wildman–Crippen LogP) is 5.76. The Morgan fingerprint density at radius 2 is 1.49 bits per heavy atom. The van der Waals surface area contributed by atoms with Crippen LogP contribution >= 0.6 is 28.3 Å². The second-order valence-electron chi connectivity index (χ2n) is 9.07. The maximum Gasteiger partial charge on any atom is 0.259 e. The van der Waals surface area contributed by atoms with E-state index < -0.39 is 5.91 Å². The number of para-hydroxylation sites is 1. The number of nitrogens with one attached hydrogen (secondary N) is 3. The average Bonchev–Trinajstić information content (AvgIpc) is 3.47. The minimum Gasteiger partial charge on any atom is -0.358 e. The molecular formula is C29H24BrClN4O2. The van der Waals surface area contributed by atoms with Gasteiger partial charge in [-0.15, -0.1) is 12.4 Å². The van der Waals surface area contributed by atoms with E-state index in [-0.39, 0.29) is 18.3 Å². The summed E-state index contributed by atoms with van der Waals surface area (Å²) in [7, 11) is 0. The number of hydrogen-bond donors (Lipinski definition) is 4. The zero-order valence-electron chi connectivity index (χ0n) is 19.9. The number of H-pyrrole nitrogens is 2. The lowest BCUT2D eigenvalue weighted by Crippen LogP contribution is -2.23. The maximum atomic E-state index is 13.4. The summed E-state index contributed by atoms with van der Waals surface area (Å²) in [6.45, 7) is 2.38. The fourth-order valence-electron chi connectivity index (χ4n) is 5.24. The fourth-order valence-corrected chi connectivity index (χ4v) is 5.60. The van der Waals surface area contributed by atoms with E-state index in [0.717, 1.165) is 59.9 Å². The molecule has 0 saturated carbocycles. The van der Waals surface area contributed by atoms with Gasteiger partial charge >= 0.3 is 0 Å². The Hall–Kier alpha value is -3.65. The van der Waals surface area contributed by atoms with Crippen molar-refractivity contribution < 1.29 is 9.59 Å². The van der Waals surface area contributed by atoms with Crippen LogP contribution < -0.4 is 11.1 Å². The van der Waals surface area contributed by atoms with E-state index in [2.05, 4.69) is 37.3 Å². The molecule has 0 bridgehead atoms. The van der Waals surface area contributed by atoms with Crippen LogP contribution in [-0.2, 0) is 22.6 Å². The SMILES string of the molecule is Cc1[nH]c2ccccc2c1C1=C(c2c(Cc3cccc(CN)c3)[nH]c3ccc(Br)cc23)C(=O)NC1=O.Cl. The molecule has 5 N–H and O–H groups in total. The summed E-state index contributed by atoms with van der Waals surface area (Å²) >= 11 is 3.58. The number of carbonyl (C=O) groups excluding carboxylic acids is 2. The number of nitrogens with two attached hydrogens (primary N) is 1. The molecule has 5 aromatic rings. The number of benzene rings is 3. The fraction of sp³-hybridized carbons (Fsp3) is 0.103. The Labute approximate surface area is 227 Å². The molecule has 3 heterocycles. The lowest BCUT2D eigenvalue weighted by atomic mass is 9.91. The van der Waals surface area contributed by atoms with Crippen LogP contribution in [0, 0.1) is 6.92 Å². The number of imide groups is 1. The minimum absolute atomic E-state index is 0. The highest BCUT2D eigenvalue weighted by molar-refractivity contribution is 9.10. The zero-order chi connectivity index (χ0) is 25.0. The molecule has 0 radical (unpaired) electrons. The third-order valence-electron chi connectivity index (χ3n) is 6.77. The summed E-state index contributed by atoms with van der Waals surface area (Å²) in [5.41, 5.74) is 13.8. The molecule has 1 aliphatic rings. The first-order chi connectivity index (χ1) is 17.4. The molecule has 0 spiro atoms. The van der Waals surface area contributed by atoms with Crippen LogP contribution in [0.5, 0.6) is 0 Å². The van der Waals surface area contributed by atoms with Crippen molar-refractivity contribution in [1.82, 2.24) is 15.3 Å². The standard InChI is InChI=1S/C29H23BrN4O2.ClH/c1-15-24(19-7-2-3-8-21(19)32-15)26-27(29(36)34-28(26)35)25-20-13-18(30)9-10-22(20)33-23(25)12-16-5-4-6-17(11-16)14-31;/h2-11,13,32-33H,12,14,31H2,1H3,(H,34,35,36);1H. The zero-order valence-corrected chi connectivity index (χ0v) is 22.3. The number of aryl methyl sites for hydroxylation is 1. The van der Waals surface area contributed by atoms with Gasteiger partial charge in [0.25, 0.3) is 11.8 Å². The summed E-state index contributed by atoms with van der Waals surface area (Å²) in [4.78, 5) is 33.6. The van der Waals surface area contributed by atoms with Crippen molar-refractivity contribution in [2.24, 2.45) is 5.73 Å². The molecule has 0 saturated heterocycles. The third-order valence-corrected chi connectivity index (χ3v) is 7.26. The number of amides is 2. The highest BCUT2D eigenvalue weighted by Crippen LogP contribution is 2.41. The first kappa shape index (κ1) is 25.0. The van der Waals surface area contributed by atoms with Gasteiger partial charge in [-0.25, -0.2) is 0 Å². The minimum atomic E-state index is -0.391. The Morgan fingerprint density at radius 1 is 0.784 bits per heavy atom. The highest BCUT2D eigenvalue weighted by atomic mass is 79.9. The van der Waals surface area contributed by atoms with Gasteiger partial charge in [0.2, 0.25) is 0 Å². The monoisotopic (exact) mass is 574 g/mol. The molecule has 0 fully saturated rings. The molecule has 2 amide bonds. The van der Waals surface area contributed by atoms with Crippen LogP contribution in [0.15, 0.2) is 71.2 Å². The number of rotatable bonds is 5. The van der Waals surface area contributed by atoms with Crippen LogP contribution in [0.1, 0.15) is 33.6 Å². The lowest BCUT2D eigenvalue weighted by molar-refractivity contribution is -0.122. The van der Waals surface area contributed by atoms with Gasteiger partial charge in [-0.05, 0) is 42.3 Å². The molecule has 37 heavy (non-hydrogen) atoms. The molecule has 1 aliphatic heterocycles. The Morgan fingerprint density at radius 3 is 2.27 bits per heavy atom.